The minimum absolute atomic E-state index is 0.198. The van der Waals surface area contributed by atoms with Crippen molar-refractivity contribution in [1.29, 1.82) is 0 Å². The molecule has 0 aromatic heterocycles. The quantitative estimate of drug-likeness (QED) is 0.796. The largest absolute Gasteiger partial charge is 0.341 e. The zero-order valence-corrected chi connectivity index (χ0v) is 15.4. The van der Waals surface area contributed by atoms with Crippen molar-refractivity contribution in [2.45, 2.75) is 45.6 Å². The molecule has 2 fully saturated rings. The van der Waals surface area contributed by atoms with Gasteiger partial charge in [0.25, 0.3) is 0 Å². The highest BCUT2D eigenvalue weighted by Crippen LogP contribution is 2.22. The summed E-state index contributed by atoms with van der Waals surface area (Å²) < 4.78 is 0. The van der Waals surface area contributed by atoms with E-state index in [0.717, 1.165) is 56.8 Å². The normalized spacial score (nSPS) is 20.8. The Morgan fingerprint density at radius 2 is 1.88 bits per heavy atom. The number of likely N-dealkylation sites (N-methyl/N-ethyl adjacent to an activating group) is 1. The van der Waals surface area contributed by atoms with Gasteiger partial charge in [0.2, 0.25) is 11.8 Å². The molecular weight excluding hydrogens is 314 g/mol. The molecule has 0 bridgehead atoms. The van der Waals surface area contributed by atoms with Crippen molar-refractivity contribution in [3.8, 4) is 0 Å². The molecule has 2 aliphatic rings. The van der Waals surface area contributed by atoms with E-state index in [4.69, 9.17) is 0 Å². The number of carbonyl (C=O) groups is 2. The number of anilines is 1. The summed E-state index contributed by atoms with van der Waals surface area (Å²) in [7, 11) is 0. The van der Waals surface area contributed by atoms with Gasteiger partial charge in [0.05, 0.1) is 6.42 Å². The third-order valence-corrected chi connectivity index (χ3v) is 5.52. The summed E-state index contributed by atoms with van der Waals surface area (Å²) in [6.45, 7) is 8.96. The molecule has 136 valence electrons. The molecule has 1 atom stereocenters. The predicted octanol–water partition coefficient (Wildman–Crippen LogP) is 2.30. The number of nitrogens with zero attached hydrogens (tertiary/aromatic N) is 3. The van der Waals surface area contributed by atoms with Gasteiger partial charge in [-0.2, -0.15) is 0 Å². The van der Waals surface area contributed by atoms with Crippen LogP contribution in [0.2, 0.25) is 0 Å². The SMILES string of the molecule is CCN(CC)[C@H]1CCN(C(=O)Cc2ccc(N3CCCC3=O)cc2)C1. The highest BCUT2D eigenvalue weighted by atomic mass is 16.2. The molecule has 2 amide bonds. The molecular formula is C20H29N3O2. The van der Waals surface area contributed by atoms with E-state index in [1.54, 1.807) is 0 Å². The third-order valence-electron chi connectivity index (χ3n) is 5.52. The van der Waals surface area contributed by atoms with Crippen LogP contribution in [0.15, 0.2) is 24.3 Å². The molecule has 0 unspecified atom stereocenters. The van der Waals surface area contributed by atoms with Gasteiger partial charge in [0.15, 0.2) is 0 Å². The van der Waals surface area contributed by atoms with Crippen LogP contribution >= 0.6 is 0 Å². The molecule has 3 rings (SSSR count). The van der Waals surface area contributed by atoms with E-state index < -0.39 is 0 Å². The van der Waals surface area contributed by atoms with Crippen LogP contribution in [0.25, 0.3) is 0 Å². The molecule has 5 nitrogen and oxygen atoms in total. The van der Waals surface area contributed by atoms with E-state index in [1.165, 1.54) is 0 Å². The van der Waals surface area contributed by atoms with Crippen molar-refractivity contribution < 1.29 is 9.59 Å². The van der Waals surface area contributed by atoms with E-state index >= 15 is 0 Å². The summed E-state index contributed by atoms with van der Waals surface area (Å²) in [4.78, 5) is 30.7. The minimum atomic E-state index is 0.198. The molecule has 0 N–H and O–H groups in total. The Hall–Kier alpha value is -1.88. The van der Waals surface area contributed by atoms with Crippen molar-refractivity contribution in [1.82, 2.24) is 9.80 Å². The first-order chi connectivity index (χ1) is 12.1. The third kappa shape index (κ3) is 4.03. The lowest BCUT2D eigenvalue weighted by atomic mass is 10.1. The van der Waals surface area contributed by atoms with Gasteiger partial charge in [-0.3, -0.25) is 14.5 Å². The van der Waals surface area contributed by atoms with Crippen molar-refractivity contribution in [2.75, 3.05) is 37.6 Å². The van der Waals surface area contributed by atoms with Gasteiger partial charge < -0.3 is 9.80 Å². The van der Waals surface area contributed by atoms with Gasteiger partial charge in [-0.1, -0.05) is 26.0 Å². The van der Waals surface area contributed by atoms with Crippen LogP contribution in [-0.2, 0) is 16.0 Å². The Balaban J connectivity index is 1.55. The summed E-state index contributed by atoms with van der Waals surface area (Å²) in [6.07, 6.45) is 3.09. The second kappa shape index (κ2) is 8.00. The Kier molecular flexibility index (Phi) is 5.74. The minimum Gasteiger partial charge on any atom is -0.341 e. The van der Waals surface area contributed by atoms with E-state index in [0.29, 0.717) is 18.9 Å². The first-order valence-corrected chi connectivity index (χ1v) is 9.53. The highest BCUT2D eigenvalue weighted by molar-refractivity contribution is 5.95. The lowest BCUT2D eigenvalue weighted by molar-refractivity contribution is -0.129. The number of carbonyl (C=O) groups excluding carboxylic acids is 2. The Labute approximate surface area is 150 Å². The van der Waals surface area contributed by atoms with Crippen LogP contribution in [0.4, 0.5) is 5.69 Å². The zero-order valence-electron chi connectivity index (χ0n) is 15.4. The smallest absolute Gasteiger partial charge is 0.227 e. The second-order valence-corrected chi connectivity index (χ2v) is 7.00. The van der Waals surface area contributed by atoms with E-state index in [9.17, 15) is 9.59 Å². The lowest BCUT2D eigenvalue weighted by Crippen LogP contribution is -2.39. The summed E-state index contributed by atoms with van der Waals surface area (Å²) in [5, 5.41) is 0. The molecule has 2 saturated heterocycles. The van der Waals surface area contributed by atoms with Gasteiger partial charge in [-0.15, -0.1) is 0 Å². The average molecular weight is 343 g/mol. The molecule has 5 heteroatoms. The van der Waals surface area contributed by atoms with Crippen LogP contribution in [0.5, 0.6) is 0 Å². The molecule has 0 aliphatic carbocycles. The molecule has 0 radical (unpaired) electrons. The zero-order chi connectivity index (χ0) is 17.8. The molecule has 2 heterocycles. The molecule has 1 aromatic rings. The van der Waals surface area contributed by atoms with Crippen molar-refractivity contribution in [2.24, 2.45) is 0 Å². The van der Waals surface area contributed by atoms with Crippen molar-refractivity contribution in [3.05, 3.63) is 29.8 Å². The van der Waals surface area contributed by atoms with Gasteiger partial charge in [-0.25, -0.2) is 0 Å². The van der Waals surface area contributed by atoms with Crippen LogP contribution < -0.4 is 4.90 Å². The van der Waals surface area contributed by atoms with Crippen LogP contribution in [0, 0.1) is 0 Å². The summed E-state index contributed by atoms with van der Waals surface area (Å²) in [5.74, 6) is 0.406. The Bertz CT molecular complexity index is 610. The fourth-order valence-electron chi connectivity index (χ4n) is 4.01. The highest BCUT2D eigenvalue weighted by Gasteiger charge is 2.29. The van der Waals surface area contributed by atoms with E-state index in [2.05, 4.69) is 18.7 Å². The van der Waals surface area contributed by atoms with Gasteiger partial charge in [-0.05, 0) is 43.6 Å². The van der Waals surface area contributed by atoms with Crippen LogP contribution in [0.1, 0.15) is 38.7 Å². The van der Waals surface area contributed by atoms with Crippen LogP contribution in [0.3, 0.4) is 0 Å². The number of likely N-dealkylation sites (tertiary alicyclic amines) is 1. The predicted molar refractivity (Wildman–Crippen MR) is 99.6 cm³/mol. The summed E-state index contributed by atoms with van der Waals surface area (Å²) in [6, 6.07) is 8.40. The first kappa shape index (κ1) is 17.9. The average Bonchev–Trinajstić information content (AvgIpc) is 3.26. The molecule has 1 aromatic carbocycles. The molecule has 0 spiro atoms. The van der Waals surface area contributed by atoms with Gasteiger partial charge in [0, 0.05) is 37.8 Å². The second-order valence-electron chi connectivity index (χ2n) is 7.00. The maximum absolute atomic E-state index is 12.6. The number of amides is 2. The summed E-state index contributed by atoms with van der Waals surface area (Å²) in [5.41, 5.74) is 1.97. The van der Waals surface area contributed by atoms with Gasteiger partial charge in [0.1, 0.15) is 0 Å². The Morgan fingerprint density at radius 1 is 1.16 bits per heavy atom. The van der Waals surface area contributed by atoms with E-state index in [-0.39, 0.29) is 11.8 Å². The van der Waals surface area contributed by atoms with Crippen molar-refractivity contribution >= 4 is 17.5 Å². The lowest BCUT2D eigenvalue weighted by Gasteiger charge is -2.26. The fourth-order valence-corrected chi connectivity index (χ4v) is 4.01. The summed E-state index contributed by atoms with van der Waals surface area (Å²) >= 11 is 0. The van der Waals surface area contributed by atoms with Gasteiger partial charge >= 0.3 is 0 Å². The number of hydrogen-bond acceptors (Lipinski definition) is 3. The number of hydrogen-bond donors (Lipinski definition) is 0. The Morgan fingerprint density at radius 3 is 2.48 bits per heavy atom. The number of rotatable bonds is 6. The molecule has 2 aliphatic heterocycles. The van der Waals surface area contributed by atoms with Crippen molar-refractivity contribution in [3.63, 3.8) is 0 Å². The fraction of sp³-hybridized carbons (Fsp3) is 0.600. The number of benzene rings is 1. The van der Waals surface area contributed by atoms with E-state index in [1.807, 2.05) is 34.1 Å². The molecule has 0 saturated carbocycles. The topological polar surface area (TPSA) is 43.9 Å². The van der Waals surface area contributed by atoms with Crippen LogP contribution in [-0.4, -0.2) is 60.4 Å². The maximum atomic E-state index is 12.6. The first-order valence-electron chi connectivity index (χ1n) is 9.53. The standard InChI is InChI=1S/C20H29N3O2/c1-3-21(4-2)18-11-13-22(15-18)20(25)14-16-7-9-17(10-8-16)23-12-5-6-19(23)24/h7-10,18H,3-6,11-15H2,1-2H3/t18-/m0/s1. The monoisotopic (exact) mass is 343 g/mol. The molecule has 25 heavy (non-hydrogen) atoms. The maximum Gasteiger partial charge on any atom is 0.227 e.